The standard InChI is InChI=1S/C11H20ClO2PS/c1-7-5-11(3,4)6-9-10(7)8(2)13-15(12,16)14-9/h7-10H,5-6H2,1-4H3. The Labute approximate surface area is 108 Å². The van der Waals surface area contributed by atoms with Gasteiger partial charge in [0.15, 0.2) is 0 Å². The third kappa shape index (κ3) is 2.64. The summed E-state index contributed by atoms with van der Waals surface area (Å²) < 4.78 is 11.5. The summed E-state index contributed by atoms with van der Waals surface area (Å²) in [6.07, 6.45) is 2.58. The molecule has 5 unspecified atom stereocenters. The molecule has 1 aliphatic heterocycles. The lowest BCUT2D eigenvalue weighted by Gasteiger charge is -2.50. The zero-order valence-corrected chi connectivity index (χ0v) is 12.7. The largest absolute Gasteiger partial charge is 0.315 e. The minimum Gasteiger partial charge on any atom is -0.315 e. The first-order valence-corrected chi connectivity index (χ1v) is 9.41. The van der Waals surface area contributed by atoms with E-state index in [2.05, 4.69) is 27.7 Å². The van der Waals surface area contributed by atoms with Gasteiger partial charge in [0.05, 0.1) is 12.2 Å². The van der Waals surface area contributed by atoms with E-state index in [4.69, 9.17) is 32.1 Å². The lowest BCUT2D eigenvalue weighted by molar-refractivity contribution is -0.0770. The Morgan fingerprint density at radius 3 is 2.50 bits per heavy atom. The van der Waals surface area contributed by atoms with Crippen LogP contribution in [0.4, 0.5) is 0 Å². The SMILES string of the molecule is CC1CC(C)(C)CC2OP(=S)(Cl)OC(C)C12. The van der Waals surface area contributed by atoms with Crippen molar-refractivity contribution >= 4 is 28.9 Å². The van der Waals surface area contributed by atoms with Crippen LogP contribution in [0.3, 0.4) is 0 Å². The molecule has 0 bridgehead atoms. The van der Waals surface area contributed by atoms with Crippen molar-refractivity contribution < 1.29 is 9.05 Å². The molecular weight excluding hydrogens is 263 g/mol. The summed E-state index contributed by atoms with van der Waals surface area (Å²) in [6, 6.07) is 0. The molecule has 0 amide bonds. The Kier molecular flexibility index (Phi) is 3.49. The van der Waals surface area contributed by atoms with Crippen LogP contribution in [0.15, 0.2) is 0 Å². The molecule has 1 heterocycles. The Morgan fingerprint density at radius 2 is 1.88 bits per heavy atom. The van der Waals surface area contributed by atoms with Gasteiger partial charge in [-0.25, -0.2) is 0 Å². The van der Waals surface area contributed by atoms with Gasteiger partial charge in [-0.15, -0.1) is 0 Å². The average molecular weight is 283 g/mol. The first kappa shape index (κ1) is 13.3. The van der Waals surface area contributed by atoms with E-state index in [1.54, 1.807) is 0 Å². The number of hydrogen-bond donors (Lipinski definition) is 0. The molecule has 0 aromatic rings. The predicted octanol–water partition coefficient (Wildman–Crippen LogP) is 4.33. The molecule has 1 saturated carbocycles. The lowest BCUT2D eigenvalue weighted by atomic mass is 9.65. The molecule has 0 N–H and O–H groups in total. The second-order valence-corrected chi connectivity index (χ2v) is 10.7. The molecule has 16 heavy (non-hydrogen) atoms. The van der Waals surface area contributed by atoms with Gasteiger partial charge >= 0.3 is 0 Å². The van der Waals surface area contributed by atoms with Crippen LogP contribution in [0.2, 0.25) is 0 Å². The van der Waals surface area contributed by atoms with Gasteiger partial charge < -0.3 is 9.05 Å². The topological polar surface area (TPSA) is 18.5 Å². The monoisotopic (exact) mass is 282 g/mol. The summed E-state index contributed by atoms with van der Waals surface area (Å²) in [7, 11) is 0. The highest BCUT2D eigenvalue weighted by Gasteiger charge is 2.48. The van der Waals surface area contributed by atoms with E-state index in [0.717, 1.165) is 6.42 Å². The van der Waals surface area contributed by atoms with Gasteiger partial charge in [-0.05, 0) is 54.1 Å². The Balaban J connectivity index is 2.23. The van der Waals surface area contributed by atoms with E-state index in [0.29, 0.717) is 17.3 Å². The van der Waals surface area contributed by atoms with Gasteiger partial charge in [0.25, 0.3) is 5.84 Å². The van der Waals surface area contributed by atoms with Crippen molar-refractivity contribution in [2.75, 3.05) is 0 Å². The zero-order valence-electron chi connectivity index (χ0n) is 10.3. The number of halogens is 1. The second-order valence-electron chi connectivity index (χ2n) is 6.01. The van der Waals surface area contributed by atoms with E-state index >= 15 is 0 Å². The van der Waals surface area contributed by atoms with Crippen molar-refractivity contribution in [1.29, 1.82) is 0 Å². The molecule has 5 atom stereocenters. The molecule has 0 aromatic heterocycles. The maximum Gasteiger partial charge on any atom is 0.282 e. The fourth-order valence-corrected chi connectivity index (χ4v) is 6.02. The van der Waals surface area contributed by atoms with Gasteiger partial charge in [0.1, 0.15) is 0 Å². The van der Waals surface area contributed by atoms with Crippen LogP contribution in [0.25, 0.3) is 0 Å². The van der Waals surface area contributed by atoms with Gasteiger partial charge in [-0.3, -0.25) is 0 Å². The summed E-state index contributed by atoms with van der Waals surface area (Å²) in [6.45, 7) is 8.95. The Morgan fingerprint density at radius 1 is 1.25 bits per heavy atom. The van der Waals surface area contributed by atoms with Crippen LogP contribution in [0.5, 0.6) is 0 Å². The highest BCUT2D eigenvalue weighted by atomic mass is 35.7. The first-order chi connectivity index (χ1) is 7.20. The normalized spacial score (nSPS) is 52.1. The van der Waals surface area contributed by atoms with Gasteiger partial charge in [0.2, 0.25) is 0 Å². The smallest absolute Gasteiger partial charge is 0.282 e. The molecule has 2 rings (SSSR count). The molecule has 2 nitrogen and oxygen atoms in total. The van der Waals surface area contributed by atoms with Crippen molar-refractivity contribution in [1.82, 2.24) is 0 Å². The zero-order chi connectivity index (χ0) is 12.1. The maximum atomic E-state index is 6.11. The molecule has 2 fully saturated rings. The molecule has 1 saturated heterocycles. The fourth-order valence-electron chi connectivity index (χ4n) is 3.47. The van der Waals surface area contributed by atoms with E-state index in [9.17, 15) is 0 Å². The van der Waals surface area contributed by atoms with Gasteiger partial charge in [-0.1, -0.05) is 20.8 Å². The van der Waals surface area contributed by atoms with E-state index in [-0.39, 0.29) is 12.2 Å². The van der Waals surface area contributed by atoms with Crippen molar-refractivity contribution in [3.05, 3.63) is 0 Å². The van der Waals surface area contributed by atoms with Crippen LogP contribution in [-0.4, -0.2) is 12.2 Å². The summed E-state index contributed by atoms with van der Waals surface area (Å²) in [5.41, 5.74) is 0.323. The second kappa shape index (κ2) is 4.20. The minimum absolute atomic E-state index is 0.133. The van der Waals surface area contributed by atoms with E-state index < -0.39 is 5.84 Å². The number of fused-ring (bicyclic) bond motifs is 1. The fraction of sp³-hybridized carbons (Fsp3) is 1.00. The van der Waals surface area contributed by atoms with Crippen LogP contribution >= 0.6 is 17.1 Å². The predicted molar refractivity (Wildman–Crippen MR) is 71.2 cm³/mol. The van der Waals surface area contributed by atoms with Crippen LogP contribution in [0, 0.1) is 17.3 Å². The Hall–Kier alpha value is 0.860. The number of rotatable bonds is 0. The quantitative estimate of drug-likeness (QED) is 0.616. The van der Waals surface area contributed by atoms with Crippen molar-refractivity contribution in [2.45, 2.75) is 52.7 Å². The van der Waals surface area contributed by atoms with Crippen LogP contribution in [-0.2, 0) is 20.9 Å². The van der Waals surface area contributed by atoms with E-state index in [1.807, 2.05) is 0 Å². The van der Waals surface area contributed by atoms with Crippen molar-refractivity contribution in [2.24, 2.45) is 17.3 Å². The van der Waals surface area contributed by atoms with Crippen LogP contribution in [0.1, 0.15) is 40.5 Å². The number of hydrogen-bond acceptors (Lipinski definition) is 3. The van der Waals surface area contributed by atoms with Gasteiger partial charge in [-0.2, -0.15) is 0 Å². The van der Waals surface area contributed by atoms with Crippen LogP contribution < -0.4 is 0 Å². The molecule has 94 valence electrons. The summed E-state index contributed by atoms with van der Waals surface area (Å²) in [4.78, 5) is 0. The minimum atomic E-state index is -2.51. The molecule has 0 aromatic carbocycles. The van der Waals surface area contributed by atoms with Crippen molar-refractivity contribution in [3.63, 3.8) is 0 Å². The third-order valence-corrected chi connectivity index (χ3v) is 5.91. The third-order valence-electron chi connectivity index (χ3n) is 3.81. The highest BCUT2D eigenvalue weighted by Crippen LogP contribution is 2.63. The van der Waals surface area contributed by atoms with E-state index in [1.165, 1.54) is 6.42 Å². The first-order valence-electron chi connectivity index (χ1n) is 5.87. The lowest BCUT2D eigenvalue weighted by Crippen LogP contribution is -2.47. The molecule has 2 aliphatic rings. The van der Waals surface area contributed by atoms with Crippen molar-refractivity contribution in [3.8, 4) is 0 Å². The molecule has 0 spiro atoms. The summed E-state index contributed by atoms with van der Waals surface area (Å²) >= 11 is 11.3. The summed E-state index contributed by atoms with van der Waals surface area (Å²) in [5.74, 6) is -1.46. The average Bonchev–Trinajstić information content (AvgIpc) is 1.94. The molecule has 1 aliphatic carbocycles. The Bertz CT molecular complexity index is 334. The summed E-state index contributed by atoms with van der Waals surface area (Å²) in [5, 5.41) is 0. The molecular formula is C11H20ClO2PS. The maximum absolute atomic E-state index is 6.11. The molecule has 5 heteroatoms. The highest BCUT2D eigenvalue weighted by molar-refractivity contribution is 8.22. The van der Waals surface area contributed by atoms with Gasteiger partial charge in [0, 0.05) is 5.92 Å². The molecule has 0 radical (unpaired) electrons.